The lowest BCUT2D eigenvalue weighted by atomic mass is 10.0. The Bertz CT molecular complexity index is 1690. The van der Waals surface area contributed by atoms with E-state index < -0.39 is 44.2 Å². The van der Waals surface area contributed by atoms with Crippen molar-refractivity contribution in [2.24, 2.45) is 0 Å². The van der Waals surface area contributed by atoms with Crippen LogP contribution in [-0.4, -0.2) is 83.4 Å². The van der Waals surface area contributed by atoms with E-state index in [0.717, 1.165) is 92.7 Å². The molecule has 14 heteroatoms. The van der Waals surface area contributed by atoms with Crippen LogP contribution < -0.4 is 0 Å². The van der Waals surface area contributed by atoms with Gasteiger partial charge in [-0.15, -0.1) is 5.92 Å². The number of unbranched alkanes of at least 4 members (excludes halogenated alkanes) is 8. The molecule has 0 saturated heterocycles. The quantitative estimate of drug-likeness (QED) is 0.0521. The first-order chi connectivity index (χ1) is 26.5. The summed E-state index contributed by atoms with van der Waals surface area (Å²) in [5, 5.41) is 37.7. The highest BCUT2D eigenvalue weighted by atomic mass is 32.2. The van der Waals surface area contributed by atoms with E-state index in [2.05, 4.69) is 25.7 Å². The maximum Gasteiger partial charge on any atom is 0.303 e. The highest BCUT2D eigenvalue weighted by Gasteiger charge is 2.18. The van der Waals surface area contributed by atoms with Crippen molar-refractivity contribution in [3.8, 4) is 11.8 Å². The van der Waals surface area contributed by atoms with E-state index in [1.54, 1.807) is 0 Å². The minimum atomic E-state index is -3.42. The summed E-state index contributed by atoms with van der Waals surface area (Å²) in [7, 11) is -6.74. The van der Waals surface area contributed by atoms with Crippen molar-refractivity contribution in [3.05, 3.63) is 70.8 Å². The number of sulfonamides is 2. The molecule has 0 bridgehead atoms. The summed E-state index contributed by atoms with van der Waals surface area (Å²) in [6.45, 7) is 5.25. The molecule has 0 fully saturated rings. The maximum absolute atomic E-state index is 12.1. The topological polar surface area (TPSA) is 190 Å². The summed E-state index contributed by atoms with van der Waals surface area (Å²) in [6.07, 6.45) is 13.3. The van der Waals surface area contributed by atoms with E-state index in [9.17, 15) is 36.6 Å². The van der Waals surface area contributed by atoms with Crippen molar-refractivity contribution in [2.45, 2.75) is 142 Å². The molecule has 316 valence electrons. The molecule has 2 aromatic carbocycles. The largest absolute Gasteiger partial charge is 0.481 e. The van der Waals surface area contributed by atoms with Gasteiger partial charge >= 0.3 is 11.9 Å². The Morgan fingerprint density at radius 3 is 1.45 bits per heavy atom. The summed E-state index contributed by atoms with van der Waals surface area (Å²) in [5.41, 5.74) is 3.41. The molecule has 0 aliphatic rings. The first-order valence-electron chi connectivity index (χ1n) is 19.8. The van der Waals surface area contributed by atoms with Crippen LogP contribution in [-0.2, 0) is 42.7 Å². The van der Waals surface area contributed by atoms with Gasteiger partial charge in [-0.2, -0.15) is 8.61 Å². The second-order valence-electron chi connectivity index (χ2n) is 14.3. The van der Waals surface area contributed by atoms with Crippen molar-refractivity contribution >= 4 is 32.0 Å². The van der Waals surface area contributed by atoms with Gasteiger partial charge in [0.15, 0.2) is 0 Å². The molecule has 56 heavy (non-hydrogen) atoms. The van der Waals surface area contributed by atoms with Crippen LogP contribution in [0.15, 0.2) is 48.5 Å². The van der Waals surface area contributed by atoms with E-state index in [1.807, 2.05) is 48.5 Å². The summed E-state index contributed by atoms with van der Waals surface area (Å²) in [6, 6.07) is 14.8. The molecule has 0 radical (unpaired) electrons. The zero-order chi connectivity index (χ0) is 42.0. The van der Waals surface area contributed by atoms with Crippen LogP contribution >= 0.6 is 0 Å². The minimum Gasteiger partial charge on any atom is -0.481 e. The average Bonchev–Trinajstić information content (AvgIpc) is 3.13. The van der Waals surface area contributed by atoms with Crippen molar-refractivity contribution in [1.29, 1.82) is 0 Å². The van der Waals surface area contributed by atoms with Crippen molar-refractivity contribution < 1.29 is 46.9 Å². The Labute approximate surface area is 336 Å². The number of nitrogens with zero attached hydrogens (tertiary/aromatic N) is 2. The fourth-order valence-electron chi connectivity index (χ4n) is 5.74. The van der Waals surface area contributed by atoms with Crippen LogP contribution in [0, 0.1) is 11.8 Å². The van der Waals surface area contributed by atoms with Gasteiger partial charge < -0.3 is 20.4 Å². The maximum atomic E-state index is 12.1. The van der Waals surface area contributed by atoms with Crippen molar-refractivity contribution in [2.75, 3.05) is 25.6 Å². The number of hydrogen-bond acceptors (Lipinski definition) is 8. The lowest BCUT2D eigenvalue weighted by molar-refractivity contribution is -0.138. The highest BCUT2D eigenvalue weighted by Crippen LogP contribution is 2.22. The Balaban J connectivity index is 0.000000560. The predicted molar refractivity (Wildman–Crippen MR) is 222 cm³/mol. The monoisotopic (exact) mass is 822 g/mol. The molecule has 2 aromatic rings. The lowest BCUT2D eigenvalue weighted by Crippen LogP contribution is -2.30. The first-order valence-corrected chi connectivity index (χ1v) is 23.5. The molecule has 0 saturated carbocycles. The molecule has 0 aromatic heterocycles. The van der Waals surface area contributed by atoms with Crippen LogP contribution in [0.2, 0.25) is 0 Å². The SMILES string of the molecule is CCCCCC(O)c1ccc(CN(CC#CCCCC(=O)O)S(C)(=O)=O)cc1.CCCCCC(O)c1ccc(CN(CCCCCCC(=O)O)S(C)(=O)=O)cc1. The molecule has 2 unspecified atom stereocenters. The van der Waals surface area contributed by atoms with Crippen LogP contribution in [0.5, 0.6) is 0 Å². The van der Waals surface area contributed by atoms with Crippen LogP contribution in [0.25, 0.3) is 0 Å². The lowest BCUT2D eigenvalue weighted by Gasteiger charge is -2.20. The third-order valence-electron chi connectivity index (χ3n) is 9.17. The van der Waals surface area contributed by atoms with Crippen LogP contribution in [0.4, 0.5) is 0 Å². The zero-order valence-corrected chi connectivity index (χ0v) is 35.5. The van der Waals surface area contributed by atoms with Gasteiger partial charge in [-0.1, -0.05) is 120 Å². The molecule has 2 atom stereocenters. The summed E-state index contributed by atoms with van der Waals surface area (Å²) < 4.78 is 50.9. The highest BCUT2D eigenvalue weighted by molar-refractivity contribution is 7.88. The summed E-state index contributed by atoms with van der Waals surface area (Å²) >= 11 is 0. The molecule has 0 aliphatic carbocycles. The summed E-state index contributed by atoms with van der Waals surface area (Å²) in [5.74, 6) is 3.98. The average molecular weight is 823 g/mol. The molecule has 12 nitrogen and oxygen atoms in total. The fraction of sp³-hybridized carbons (Fsp3) is 0.619. The van der Waals surface area contributed by atoms with Gasteiger partial charge in [0.1, 0.15) is 0 Å². The Morgan fingerprint density at radius 2 is 1.02 bits per heavy atom. The Morgan fingerprint density at radius 1 is 0.589 bits per heavy atom. The number of carboxylic acids is 2. The molecule has 0 aliphatic heterocycles. The Hall–Kier alpha value is -3.32. The van der Waals surface area contributed by atoms with E-state index in [4.69, 9.17) is 10.2 Å². The Kier molecular flexibility index (Phi) is 25.5. The van der Waals surface area contributed by atoms with Gasteiger partial charge in [-0.25, -0.2) is 16.8 Å². The zero-order valence-electron chi connectivity index (χ0n) is 33.9. The number of hydrogen-bond donors (Lipinski definition) is 4. The minimum absolute atomic E-state index is 0.0567. The van der Waals surface area contributed by atoms with Gasteiger partial charge in [-0.3, -0.25) is 9.59 Å². The second-order valence-corrected chi connectivity index (χ2v) is 18.3. The third kappa shape index (κ3) is 23.7. The number of carbonyl (C=O) groups is 2. The molecular weight excluding hydrogens is 757 g/mol. The second kappa shape index (κ2) is 28.1. The van der Waals surface area contributed by atoms with Gasteiger partial charge in [-0.05, 0) is 54.4 Å². The first kappa shape index (κ1) is 50.7. The number of aliphatic hydroxyl groups excluding tert-OH is 2. The van der Waals surface area contributed by atoms with Crippen LogP contribution in [0.1, 0.15) is 151 Å². The van der Waals surface area contributed by atoms with E-state index >= 15 is 0 Å². The standard InChI is InChI=1S/C21H35NO5S.C21H31NO5S/c2*1-3-4-7-10-20(23)19-14-12-18(13-15-19)17-22(28(2,26)27)16-9-6-5-8-11-21(24)25/h12-15,20,23H,3-11,16-17H2,1-2H3,(H,24,25);12-15,20,23H,3-5,7-8,10-11,16-17H2,1-2H3,(H,24,25). The van der Waals surface area contributed by atoms with Gasteiger partial charge in [0.05, 0.1) is 31.3 Å². The van der Waals surface area contributed by atoms with Gasteiger partial charge in [0.25, 0.3) is 0 Å². The van der Waals surface area contributed by atoms with Crippen molar-refractivity contribution in [3.63, 3.8) is 0 Å². The summed E-state index contributed by atoms with van der Waals surface area (Å²) in [4.78, 5) is 21.0. The smallest absolute Gasteiger partial charge is 0.303 e. The fourth-order valence-corrected chi connectivity index (χ4v) is 7.26. The number of aliphatic carboxylic acids is 2. The van der Waals surface area contributed by atoms with E-state index in [-0.39, 0.29) is 25.9 Å². The number of benzene rings is 2. The van der Waals surface area contributed by atoms with Gasteiger partial charge in [0.2, 0.25) is 20.0 Å². The van der Waals surface area contributed by atoms with Crippen LogP contribution in [0.3, 0.4) is 0 Å². The van der Waals surface area contributed by atoms with E-state index in [0.29, 0.717) is 38.8 Å². The van der Waals surface area contributed by atoms with Crippen molar-refractivity contribution in [1.82, 2.24) is 8.61 Å². The molecule has 0 amide bonds. The third-order valence-corrected chi connectivity index (χ3v) is 11.6. The molecule has 0 spiro atoms. The molecule has 4 N–H and O–H groups in total. The predicted octanol–water partition coefficient (Wildman–Crippen LogP) is 7.42. The van der Waals surface area contributed by atoms with E-state index in [1.165, 1.54) is 14.9 Å². The van der Waals surface area contributed by atoms with Gasteiger partial charge in [0, 0.05) is 38.9 Å². The number of carboxylic acid groups (broad SMARTS) is 2. The number of rotatable bonds is 27. The normalized spacial score (nSPS) is 12.7. The molecular formula is C42H66N2O10S2. The molecule has 0 heterocycles. The number of aliphatic hydroxyl groups is 2. The molecule has 2 rings (SSSR count).